The maximum atomic E-state index is 13.1. The maximum Gasteiger partial charge on any atom is 0.286 e. The van der Waals surface area contributed by atoms with E-state index in [1.807, 2.05) is 74.9 Å². The molecule has 3 aromatic carbocycles. The number of phenolic OH excluding ortho intramolecular Hbond substituents is 1. The summed E-state index contributed by atoms with van der Waals surface area (Å²) in [6, 6.07) is 13.1. The molecule has 2 aliphatic rings. The summed E-state index contributed by atoms with van der Waals surface area (Å²) >= 11 is 1.02. The van der Waals surface area contributed by atoms with E-state index in [-0.39, 0.29) is 42.3 Å². The Balaban J connectivity index is 1.11. The first kappa shape index (κ1) is 29.6. The number of rotatable bonds is 8. The lowest BCUT2D eigenvalue weighted by Crippen LogP contribution is -2.44. The van der Waals surface area contributed by atoms with Crippen molar-refractivity contribution in [2.24, 2.45) is 7.05 Å². The number of carbonyl (C=O) groups excluding carboxylic acids is 3. The third-order valence-corrected chi connectivity index (χ3v) is 9.33. The quantitative estimate of drug-likeness (QED) is 0.265. The first-order valence-electron chi connectivity index (χ1n) is 14.3. The molecule has 2 aliphatic heterocycles. The first-order chi connectivity index (χ1) is 20.9. The van der Waals surface area contributed by atoms with Crippen LogP contribution in [-0.4, -0.2) is 49.0 Å². The SMILES string of the molecule is Cc1c(C)c2c(c(C)c1O)C(=O)CC(C)(COc1ccc3nc(COc4ccc(CC5SC(=O)NC5=O)cc4)n(C)c3c1)O2. The number of nitrogens with one attached hydrogen (secondary N) is 1. The minimum absolute atomic E-state index is 0.0775. The molecule has 2 unspecified atom stereocenters. The minimum Gasteiger partial charge on any atom is -0.507 e. The Morgan fingerprint density at radius 3 is 2.48 bits per heavy atom. The lowest BCUT2D eigenvalue weighted by atomic mass is 9.86. The third-order valence-electron chi connectivity index (χ3n) is 8.35. The van der Waals surface area contributed by atoms with Crippen molar-refractivity contribution in [3.05, 3.63) is 76.1 Å². The van der Waals surface area contributed by atoms with Crippen molar-refractivity contribution in [1.29, 1.82) is 0 Å². The van der Waals surface area contributed by atoms with Gasteiger partial charge >= 0.3 is 0 Å². The summed E-state index contributed by atoms with van der Waals surface area (Å²) in [6.45, 7) is 7.67. The van der Waals surface area contributed by atoms with Gasteiger partial charge in [0, 0.05) is 18.7 Å². The van der Waals surface area contributed by atoms with Gasteiger partial charge in [0.2, 0.25) is 5.91 Å². The summed E-state index contributed by atoms with van der Waals surface area (Å²) in [4.78, 5) is 41.1. The number of hydrogen-bond acceptors (Lipinski definition) is 9. The Bertz CT molecular complexity index is 1830. The van der Waals surface area contributed by atoms with E-state index in [2.05, 4.69) is 5.32 Å². The van der Waals surface area contributed by atoms with E-state index in [1.54, 1.807) is 6.92 Å². The number of ketones is 1. The zero-order valence-electron chi connectivity index (χ0n) is 25.1. The number of Topliss-reactive ketones (excluding diaryl/α,β-unsaturated/α-hetero) is 1. The summed E-state index contributed by atoms with van der Waals surface area (Å²) in [6.07, 6.45) is 0.601. The van der Waals surface area contributed by atoms with E-state index in [1.165, 1.54) is 0 Å². The van der Waals surface area contributed by atoms with Gasteiger partial charge in [-0.2, -0.15) is 0 Å². The van der Waals surface area contributed by atoms with Crippen LogP contribution in [0.2, 0.25) is 0 Å². The highest BCUT2D eigenvalue weighted by Crippen LogP contribution is 2.43. The molecule has 2 N–H and O–H groups in total. The molecule has 2 atom stereocenters. The van der Waals surface area contributed by atoms with Gasteiger partial charge < -0.3 is 23.9 Å². The molecule has 3 heterocycles. The number of amides is 2. The van der Waals surface area contributed by atoms with Gasteiger partial charge in [-0.1, -0.05) is 23.9 Å². The Labute approximate surface area is 258 Å². The van der Waals surface area contributed by atoms with E-state index in [0.717, 1.165) is 39.7 Å². The lowest BCUT2D eigenvalue weighted by molar-refractivity contribution is -0.118. The zero-order chi connectivity index (χ0) is 31.3. The molecule has 11 heteroatoms. The zero-order valence-corrected chi connectivity index (χ0v) is 26.0. The van der Waals surface area contributed by atoms with Crippen LogP contribution in [0, 0.1) is 20.8 Å². The van der Waals surface area contributed by atoms with Crippen molar-refractivity contribution in [3.8, 4) is 23.0 Å². The molecular formula is C33H33N3O7S. The third kappa shape index (κ3) is 5.47. The standard InChI is InChI=1S/C33H33N3O7S/c1-17-18(2)30-28(19(3)29(17)38)25(37)14-33(4,43-30)16-42-22-10-11-23-24(13-22)36(5)27(34-23)15-41-21-8-6-20(7-9-21)12-26-31(39)35-32(40)44-26/h6-11,13,26,38H,12,14-16H2,1-5H3,(H,35,39,40). The molecule has 1 saturated heterocycles. The van der Waals surface area contributed by atoms with Crippen LogP contribution in [-0.2, 0) is 24.9 Å². The molecule has 10 nitrogen and oxygen atoms in total. The van der Waals surface area contributed by atoms with Crippen LogP contribution in [0.1, 0.15) is 51.8 Å². The predicted molar refractivity (Wildman–Crippen MR) is 166 cm³/mol. The van der Waals surface area contributed by atoms with Gasteiger partial charge in [0.1, 0.15) is 47.6 Å². The number of carbonyl (C=O) groups is 3. The first-order valence-corrected chi connectivity index (χ1v) is 15.2. The molecule has 0 bridgehead atoms. The number of thioether (sulfide) groups is 1. The number of imide groups is 1. The molecule has 1 fully saturated rings. The highest BCUT2D eigenvalue weighted by atomic mass is 32.2. The number of imidazole rings is 1. The molecule has 0 saturated carbocycles. The van der Waals surface area contributed by atoms with Gasteiger partial charge in [0.15, 0.2) is 5.78 Å². The van der Waals surface area contributed by atoms with Crippen LogP contribution >= 0.6 is 11.8 Å². The summed E-state index contributed by atoms with van der Waals surface area (Å²) < 4.78 is 20.5. The summed E-state index contributed by atoms with van der Waals surface area (Å²) in [5.74, 6) is 2.33. The Morgan fingerprint density at radius 1 is 1.05 bits per heavy atom. The second-order valence-corrected chi connectivity index (χ2v) is 12.8. The van der Waals surface area contributed by atoms with E-state index in [4.69, 9.17) is 19.2 Å². The van der Waals surface area contributed by atoms with E-state index in [0.29, 0.717) is 40.4 Å². The van der Waals surface area contributed by atoms with Crippen molar-refractivity contribution in [3.63, 3.8) is 0 Å². The van der Waals surface area contributed by atoms with Crippen molar-refractivity contribution in [1.82, 2.24) is 14.9 Å². The molecule has 0 spiro atoms. The van der Waals surface area contributed by atoms with Crippen LogP contribution in [0.25, 0.3) is 11.0 Å². The fourth-order valence-electron chi connectivity index (χ4n) is 5.65. The monoisotopic (exact) mass is 615 g/mol. The van der Waals surface area contributed by atoms with Crippen LogP contribution in [0.4, 0.5) is 4.79 Å². The number of ether oxygens (including phenoxy) is 3. The molecule has 44 heavy (non-hydrogen) atoms. The van der Waals surface area contributed by atoms with Crippen LogP contribution in [0.15, 0.2) is 42.5 Å². The van der Waals surface area contributed by atoms with Crippen LogP contribution in [0.3, 0.4) is 0 Å². The fraction of sp³-hybridized carbons (Fsp3) is 0.333. The number of fused-ring (bicyclic) bond motifs is 2. The summed E-state index contributed by atoms with van der Waals surface area (Å²) in [5.41, 5.74) is 4.16. The van der Waals surface area contributed by atoms with Gasteiger partial charge in [-0.15, -0.1) is 0 Å². The average molecular weight is 616 g/mol. The Morgan fingerprint density at radius 2 is 1.77 bits per heavy atom. The molecule has 0 aliphatic carbocycles. The molecule has 6 rings (SSSR count). The number of aromatic nitrogens is 2. The predicted octanol–water partition coefficient (Wildman–Crippen LogP) is 5.48. The van der Waals surface area contributed by atoms with Gasteiger partial charge in [0.25, 0.3) is 5.24 Å². The number of aromatic hydroxyl groups is 1. The highest BCUT2D eigenvalue weighted by Gasteiger charge is 2.40. The maximum absolute atomic E-state index is 13.1. The Kier molecular flexibility index (Phi) is 7.53. The normalized spacial score (nSPS) is 19.6. The van der Waals surface area contributed by atoms with Gasteiger partial charge in [-0.25, -0.2) is 4.98 Å². The largest absolute Gasteiger partial charge is 0.507 e. The van der Waals surface area contributed by atoms with Gasteiger partial charge in [-0.05, 0) is 75.1 Å². The number of aryl methyl sites for hydroxylation is 1. The number of benzene rings is 3. The lowest BCUT2D eigenvalue weighted by Gasteiger charge is -2.36. The fourth-order valence-corrected chi connectivity index (χ4v) is 6.51. The second-order valence-electron chi connectivity index (χ2n) is 11.6. The topological polar surface area (TPSA) is 129 Å². The van der Waals surface area contributed by atoms with Gasteiger partial charge in [-0.3, -0.25) is 19.7 Å². The summed E-state index contributed by atoms with van der Waals surface area (Å²) in [7, 11) is 1.91. The van der Waals surface area contributed by atoms with Gasteiger partial charge in [0.05, 0.1) is 28.3 Å². The molecule has 0 radical (unpaired) electrons. The van der Waals surface area contributed by atoms with Crippen molar-refractivity contribution in [2.75, 3.05) is 6.61 Å². The molecule has 228 valence electrons. The smallest absolute Gasteiger partial charge is 0.286 e. The Hall–Kier alpha value is -4.51. The molecule has 2 amide bonds. The van der Waals surface area contributed by atoms with E-state index < -0.39 is 10.9 Å². The van der Waals surface area contributed by atoms with Crippen molar-refractivity contribution < 1.29 is 33.7 Å². The van der Waals surface area contributed by atoms with Crippen molar-refractivity contribution >= 4 is 39.7 Å². The number of hydrogen-bond donors (Lipinski definition) is 2. The number of nitrogens with zero attached hydrogens (tertiary/aromatic N) is 2. The number of phenols is 1. The molecule has 1 aromatic heterocycles. The highest BCUT2D eigenvalue weighted by molar-refractivity contribution is 8.15. The molecular weight excluding hydrogens is 582 g/mol. The van der Waals surface area contributed by atoms with Crippen LogP contribution < -0.4 is 19.5 Å². The summed E-state index contributed by atoms with van der Waals surface area (Å²) in [5, 5.41) is 12.0. The minimum atomic E-state index is -0.875. The van der Waals surface area contributed by atoms with E-state index >= 15 is 0 Å². The van der Waals surface area contributed by atoms with Crippen LogP contribution in [0.5, 0.6) is 23.0 Å². The second kappa shape index (κ2) is 11.2. The average Bonchev–Trinajstić information content (AvgIpc) is 3.49. The van der Waals surface area contributed by atoms with E-state index in [9.17, 15) is 19.5 Å². The molecule has 4 aromatic rings. The van der Waals surface area contributed by atoms with Crippen molar-refractivity contribution in [2.45, 2.75) is 58.0 Å².